The van der Waals surface area contributed by atoms with Crippen molar-refractivity contribution in [3.63, 3.8) is 0 Å². The fourth-order valence-corrected chi connectivity index (χ4v) is 7.87. The van der Waals surface area contributed by atoms with Crippen molar-refractivity contribution >= 4 is 11.9 Å². The second-order valence-corrected chi connectivity index (χ2v) is 17.5. The molecule has 0 fully saturated rings. The molecule has 6 nitrogen and oxygen atoms in total. The Balaban J connectivity index is 3.52. The van der Waals surface area contributed by atoms with E-state index in [-0.39, 0.29) is 18.5 Å². The van der Waals surface area contributed by atoms with Gasteiger partial charge in [-0.25, -0.2) is 0 Å². The van der Waals surface area contributed by atoms with Gasteiger partial charge in [-0.15, -0.1) is 0 Å². The molecule has 6 heteroatoms. The first kappa shape index (κ1) is 55.6. The van der Waals surface area contributed by atoms with Crippen LogP contribution in [-0.2, 0) is 14.3 Å². The van der Waals surface area contributed by atoms with Crippen molar-refractivity contribution in [3.05, 3.63) is 12.2 Å². The molecule has 0 aromatic rings. The summed E-state index contributed by atoms with van der Waals surface area (Å²) >= 11 is 0. The first-order chi connectivity index (χ1) is 28.0. The summed E-state index contributed by atoms with van der Waals surface area (Å²) < 4.78 is 5.42. The summed E-state index contributed by atoms with van der Waals surface area (Å²) in [7, 11) is 0. The van der Waals surface area contributed by atoms with Crippen molar-refractivity contribution in [2.75, 3.05) is 13.2 Å². The van der Waals surface area contributed by atoms with Crippen LogP contribution in [0.5, 0.6) is 0 Å². The number of aliphatic hydroxyl groups is 2. The number of rotatable bonds is 47. The summed E-state index contributed by atoms with van der Waals surface area (Å²) in [5, 5.41) is 23.2. The van der Waals surface area contributed by atoms with E-state index in [0.29, 0.717) is 25.9 Å². The molecule has 0 aromatic heterocycles. The molecule has 0 heterocycles. The highest BCUT2D eigenvalue weighted by molar-refractivity contribution is 5.76. The van der Waals surface area contributed by atoms with Gasteiger partial charge in [-0.3, -0.25) is 9.59 Å². The molecule has 3 N–H and O–H groups in total. The van der Waals surface area contributed by atoms with Crippen LogP contribution in [0.4, 0.5) is 0 Å². The van der Waals surface area contributed by atoms with Gasteiger partial charge in [0.1, 0.15) is 0 Å². The molecule has 338 valence electrons. The average Bonchev–Trinajstić information content (AvgIpc) is 3.21. The van der Waals surface area contributed by atoms with E-state index in [0.717, 1.165) is 77.0 Å². The van der Waals surface area contributed by atoms with Gasteiger partial charge in [-0.2, -0.15) is 0 Å². The summed E-state index contributed by atoms with van der Waals surface area (Å²) in [4.78, 5) is 24.4. The van der Waals surface area contributed by atoms with Crippen molar-refractivity contribution in [1.82, 2.24) is 5.32 Å². The lowest BCUT2D eigenvalue weighted by Crippen LogP contribution is -2.45. The number of ether oxygens (including phenoxy) is 1. The third kappa shape index (κ3) is 44.0. The van der Waals surface area contributed by atoms with E-state index >= 15 is 0 Å². The van der Waals surface area contributed by atoms with Gasteiger partial charge in [0.2, 0.25) is 5.91 Å². The molecular weight excluding hydrogens is 707 g/mol. The molecule has 2 unspecified atom stereocenters. The summed E-state index contributed by atoms with van der Waals surface area (Å²) in [6, 6.07) is -0.565. The van der Waals surface area contributed by atoms with Crippen molar-refractivity contribution in [2.45, 2.75) is 289 Å². The number of nitrogens with one attached hydrogen (secondary N) is 1. The Labute approximate surface area is 355 Å². The standard InChI is InChI=1S/C51H99NO5/c1-3-5-7-9-11-13-15-17-18-19-20-21-22-23-27-31-35-39-43-49(54)48(47-53)52-50(55)44-40-36-32-28-25-26-30-34-38-42-46-57-51(56)45-41-37-33-29-24-16-14-12-10-8-6-4-2/h26,30,48-49,53-54H,3-25,27-29,31-47H2,1-2H3,(H,52,55)/b30-26-. The lowest BCUT2D eigenvalue weighted by Gasteiger charge is -2.22. The molecule has 0 aromatic carbocycles. The van der Waals surface area contributed by atoms with Gasteiger partial charge in [0.05, 0.1) is 25.4 Å². The van der Waals surface area contributed by atoms with E-state index in [1.807, 2.05) is 0 Å². The van der Waals surface area contributed by atoms with Crippen LogP contribution in [0, 0.1) is 0 Å². The summed E-state index contributed by atoms with van der Waals surface area (Å²) in [5.41, 5.74) is 0. The topological polar surface area (TPSA) is 95.9 Å². The van der Waals surface area contributed by atoms with E-state index in [4.69, 9.17) is 4.74 Å². The predicted molar refractivity (Wildman–Crippen MR) is 246 cm³/mol. The average molecular weight is 806 g/mol. The molecule has 0 saturated carbocycles. The molecule has 0 spiro atoms. The Morgan fingerprint density at radius 2 is 0.825 bits per heavy atom. The minimum absolute atomic E-state index is 0.0352. The van der Waals surface area contributed by atoms with Crippen LogP contribution in [0.2, 0.25) is 0 Å². The Bertz CT molecular complexity index is 847. The molecule has 0 radical (unpaired) electrons. The maximum atomic E-state index is 12.4. The quantitative estimate of drug-likeness (QED) is 0.0323. The van der Waals surface area contributed by atoms with Gasteiger partial charge < -0.3 is 20.3 Å². The lowest BCUT2D eigenvalue weighted by atomic mass is 10.0. The van der Waals surface area contributed by atoms with E-state index in [1.54, 1.807) is 0 Å². The summed E-state index contributed by atoms with van der Waals surface area (Å²) in [6.07, 6.45) is 53.2. The maximum Gasteiger partial charge on any atom is 0.305 e. The SMILES string of the molecule is CCCCCCCCCCCCCCCCCCCCC(O)C(CO)NC(=O)CCCCCC/C=C\CCCCOC(=O)CCCCCCCCCCCCCC. The predicted octanol–water partition coefficient (Wildman–Crippen LogP) is 15.0. The molecule has 0 saturated heterocycles. The molecule has 0 rings (SSSR count). The number of aliphatic hydroxyl groups excluding tert-OH is 2. The van der Waals surface area contributed by atoms with Crippen LogP contribution in [0.1, 0.15) is 277 Å². The minimum atomic E-state index is -0.685. The number of unbranched alkanes of at least 4 members (excludes halogenated alkanes) is 34. The Morgan fingerprint density at radius 1 is 0.474 bits per heavy atom. The lowest BCUT2D eigenvalue weighted by molar-refractivity contribution is -0.143. The maximum absolute atomic E-state index is 12.4. The molecule has 57 heavy (non-hydrogen) atoms. The minimum Gasteiger partial charge on any atom is -0.466 e. The van der Waals surface area contributed by atoms with Gasteiger partial charge in [-0.05, 0) is 51.4 Å². The summed E-state index contributed by atoms with van der Waals surface area (Å²) in [5.74, 6) is -0.104. The molecule has 0 bridgehead atoms. The van der Waals surface area contributed by atoms with Gasteiger partial charge >= 0.3 is 5.97 Å². The van der Waals surface area contributed by atoms with E-state index in [9.17, 15) is 19.8 Å². The van der Waals surface area contributed by atoms with Crippen molar-refractivity contribution < 1.29 is 24.5 Å². The first-order valence-corrected chi connectivity index (χ1v) is 25.4. The highest BCUT2D eigenvalue weighted by Crippen LogP contribution is 2.17. The monoisotopic (exact) mass is 806 g/mol. The van der Waals surface area contributed by atoms with Crippen LogP contribution >= 0.6 is 0 Å². The molecule has 0 aliphatic carbocycles. The second-order valence-electron chi connectivity index (χ2n) is 17.5. The zero-order valence-corrected chi connectivity index (χ0v) is 38.3. The van der Waals surface area contributed by atoms with Crippen LogP contribution in [0.3, 0.4) is 0 Å². The fourth-order valence-electron chi connectivity index (χ4n) is 7.87. The van der Waals surface area contributed by atoms with Crippen LogP contribution in [-0.4, -0.2) is 47.4 Å². The van der Waals surface area contributed by atoms with Crippen molar-refractivity contribution in [1.29, 1.82) is 0 Å². The molecule has 0 aliphatic heterocycles. The smallest absolute Gasteiger partial charge is 0.305 e. The summed E-state index contributed by atoms with van der Waals surface area (Å²) in [6.45, 7) is 4.87. The number of amides is 1. The number of allylic oxidation sites excluding steroid dienone is 2. The fraction of sp³-hybridized carbons (Fsp3) is 0.922. The number of hydrogen-bond donors (Lipinski definition) is 3. The third-order valence-electron chi connectivity index (χ3n) is 11.8. The zero-order chi connectivity index (χ0) is 41.5. The van der Waals surface area contributed by atoms with Gasteiger partial charge in [0, 0.05) is 12.8 Å². The van der Waals surface area contributed by atoms with Gasteiger partial charge in [0.15, 0.2) is 0 Å². The Kier molecular flexibility index (Phi) is 46.1. The van der Waals surface area contributed by atoms with E-state index < -0.39 is 12.1 Å². The molecule has 0 aliphatic rings. The number of carbonyl (C=O) groups is 2. The highest BCUT2D eigenvalue weighted by atomic mass is 16.5. The third-order valence-corrected chi connectivity index (χ3v) is 11.8. The van der Waals surface area contributed by atoms with Crippen LogP contribution < -0.4 is 5.32 Å². The van der Waals surface area contributed by atoms with Gasteiger partial charge in [-0.1, -0.05) is 225 Å². The van der Waals surface area contributed by atoms with E-state index in [1.165, 1.54) is 167 Å². The second kappa shape index (κ2) is 47.3. The Hall–Kier alpha value is -1.40. The van der Waals surface area contributed by atoms with Gasteiger partial charge in [0.25, 0.3) is 0 Å². The van der Waals surface area contributed by atoms with Crippen LogP contribution in [0.25, 0.3) is 0 Å². The van der Waals surface area contributed by atoms with Crippen molar-refractivity contribution in [2.24, 2.45) is 0 Å². The van der Waals surface area contributed by atoms with Crippen molar-refractivity contribution in [3.8, 4) is 0 Å². The highest BCUT2D eigenvalue weighted by Gasteiger charge is 2.20. The molecular formula is C51H99NO5. The normalized spacial score (nSPS) is 12.7. The number of hydrogen-bond acceptors (Lipinski definition) is 5. The Morgan fingerprint density at radius 3 is 1.25 bits per heavy atom. The zero-order valence-electron chi connectivity index (χ0n) is 38.3. The number of esters is 1. The van der Waals surface area contributed by atoms with Crippen LogP contribution in [0.15, 0.2) is 12.2 Å². The first-order valence-electron chi connectivity index (χ1n) is 25.4. The molecule has 1 amide bonds. The largest absolute Gasteiger partial charge is 0.466 e. The van der Waals surface area contributed by atoms with E-state index in [2.05, 4.69) is 31.3 Å². The number of carbonyl (C=O) groups excluding carboxylic acids is 2. The molecule has 2 atom stereocenters.